The predicted molar refractivity (Wildman–Crippen MR) is 45.6 cm³/mol. The summed E-state index contributed by atoms with van der Waals surface area (Å²) < 4.78 is 0. The van der Waals surface area contributed by atoms with Crippen LogP contribution in [0.15, 0.2) is 23.3 Å². The first-order valence-electron chi connectivity index (χ1n) is 3.69. The summed E-state index contributed by atoms with van der Waals surface area (Å²) in [5.74, 6) is 5.44. The van der Waals surface area contributed by atoms with Crippen LogP contribution in [-0.2, 0) is 0 Å². The van der Waals surface area contributed by atoms with Crippen LogP contribution in [0, 0.1) is 11.3 Å². The van der Waals surface area contributed by atoms with Crippen LogP contribution in [-0.4, -0.2) is 5.12 Å². The van der Waals surface area contributed by atoms with Crippen LogP contribution in [0.4, 0.5) is 0 Å². The Kier molecular flexibility index (Phi) is 1.61. The summed E-state index contributed by atoms with van der Waals surface area (Å²) in [5.41, 5.74) is 3.13. The van der Waals surface area contributed by atoms with Crippen molar-refractivity contribution in [3.05, 3.63) is 34.3 Å². The predicted octanol–water partition coefficient (Wildman–Crippen LogP) is -1.48. The highest BCUT2D eigenvalue weighted by molar-refractivity contribution is 5.36. The monoisotopic (exact) mass is 173 g/mol. The van der Waals surface area contributed by atoms with E-state index in [0.29, 0.717) is 5.56 Å². The summed E-state index contributed by atoms with van der Waals surface area (Å²) in [6.45, 7) is 0. The Hall–Kier alpha value is -2.06. The van der Waals surface area contributed by atoms with Gasteiger partial charge in [0.05, 0.1) is 23.2 Å². The first-order valence-corrected chi connectivity index (χ1v) is 3.69. The average molecular weight is 173 g/mol. The molecule has 1 aliphatic heterocycles. The van der Waals surface area contributed by atoms with Gasteiger partial charge in [0.25, 0.3) is 0 Å². The Morgan fingerprint density at radius 3 is 3.15 bits per heavy atom. The molecule has 1 aliphatic rings. The van der Waals surface area contributed by atoms with Crippen molar-refractivity contribution in [3.8, 4) is 6.07 Å². The van der Waals surface area contributed by atoms with Gasteiger partial charge in [0.2, 0.25) is 0 Å². The minimum absolute atomic E-state index is 0.568. The van der Waals surface area contributed by atoms with Gasteiger partial charge in [0.1, 0.15) is 0 Å². The van der Waals surface area contributed by atoms with Crippen LogP contribution < -0.4 is 22.0 Å². The largest absolute Gasteiger partial charge is 0.227 e. The van der Waals surface area contributed by atoms with E-state index in [4.69, 9.17) is 11.1 Å². The fourth-order valence-electron chi connectivity index (χ4n) is 1.16. The van der Waals surface area contributed by atoms with Crippen molar-refractivity contribution in [2.45, 2.75) is 0 Å². The van der Waals surface area contributed by atoms with Gasteiger partial charge in [-0.25, -0.2) is 16.5 Å². The van der Waals surface area contributed by atoms with Gasteiger partial charge < -0.3 is 0 Å². The molecule has 0 spiro atoms. The molecule has 1 heterocycles. The second kappa shape index (κ2) is 2.77. The maximum atomic E-state index is 8.79. The van der Waals surface area contributed by atoms with Crippen molar-refractivity contribution in [3.63, 3.8) is 0 Å². The standard InChI is InChI=1S/C8H7N5/c9-4-6-2-1-3-8-7(6)5-13(10)12-11-8/h1-3,5,12H,10H2. The molecular weight excluding hydrogens is 166 g/mol. The van der Waals surface area contributed by atoms with Crippen molar-refractivity contribution in [2.24, 2.45) is 10.9 Å². The maximum absolute atomic E-state index is 8.79. The number of nitriles is 1. The molecule has 3 N–H and O–H groups in total. The zero-order valence-corrected chi connectivity index (χ0v) is 6.73. The third-order valence-electron chi connectivity index (χ3n) is 1.76. The van der Waals surface area contributed by atoms with Crippen LogP contribution >= 0.6 is 0 Å². The maximum Gasteiger partial charge on any atom is 0.0999 e. The highest BCUT2D eigenvalue weighted by atomic mass is 15.8. The second-order valence-electron chi connectivity index (χ2n) is 2.60. The highest BCUT2D eigenvalue weighted by Crippen LogP contribution is 1.86. The average Bonchev–Trinajstić information content (AvgIpc) is 2.17. The molecule has 0 bridgehead atoms. The summed E-state index contributed by atoms with van der Waals surface area (Å²) in [6.07, 6.45) is 1.63. The lowest BCUT2D eigenvalue weighted by atomic mass is 10.2. The number of nitrogens with zero attached hydrogens (tertiary/aromatic N) is 3. The quantitative estimate of drug-likeness (QED) is 0.469. The molecule has 0 amide bonds. The lowest BCUT2D eigenvalue weighted by Gasteiger charge is -2.14. The molecular formula is C8H7N5. The zero-order valence-electron chi connectivity index (χ0n) is 6.73. The van der Waals surface area contributed by atoms with Crippen molar-refractivity contribution in [1.82, 2.24) is 10.7 Å². The minimum Gasteiger partial charge on any atom is -0.227 e. The molecule has 1 aromatic carbocycles. The lowest BCUT2D eigenvalue weighted by molar-refractivity contribution is 0.306. The van der Waals surface area contributed by atoms with Crippen molar-refractivity contribution < 1.29 is 0 Å². The minimum atomic E-state index is 0.568. The summed E-state index contributed by atoms with van der Waals surface area (Å²) in [4.78, 5) is 0. The molecule has 0 saturated heterocycles. The SMILES string of the molecule is N#Cc1cccc2c1=CN(N)NN=2. The Balaban J connectivity index is 2.83. The molecule has 0 saturated carbocycles. The first kappa shape index (κ1) is 7.58. The molecule has 1 aromatic rings. The van der Waals surface area contributed by atoms with Gasteiger partial charge in [-0.2, -0.15) is 10.4 Å². The Morgan fingerprint density at radius 1 is 1.54 bits per heavy atom. The van der Waals surface area contributed by atoms with Gasteiger partial charge in [0, 0.05) is 5.22 Å². The summed E-state index contributed by atoms with van der Waals surface area (Å²) >= 11 is 0. The fourth-order valence-corrected chi connectivity index (χ4v) is 1.16. The van der Waals surface area contributed by atoms with Crippen LogP contribution in [0.2, 0.25) is 0 Å². The van der Waals surface area contributed by atoms with E-state index in [0.717, 1.165) is 10.6 Å². The molecule has 13 heavy (non-hydrogen) atoms. The molecule has 64 valence electrons. The van der Waals surface area contributed by atoms with Crippen molar-refractivity contribution in [1.29, 1.82) is 5.26 Å². The van der Waals surface area contributed by atoms with E-state index in [1.54, 1.807) is 18.3 Å². The molecule has 0 atom stereocenters. The van der Waals surface area contributed by atoms with E-state index in [9.17, 15) is 0 Å². The van der Waals surface area contributed by atoms with Gasteiger partial charge in [-0.15, -0.1) is 0 Å². The highest BCUT2D eigenvalue weighted by Gasteiger charge is 2.01. The van der Waals surface area contributed by atoms with Crippen LogP contribution in [0.3, 0.4) is 0 Å². The fraction of sp³-hybridized carbons (Fsp3) is 0. The third-order valence-corrected chi connectivity index (χ3v) is 1.76. The first-order chi connectivity index (χ1) is 6.31. The number of nitrogens with one attached hydrogen (secondary N) is 1. The number of hydrazine groups is 2. The number of rotatable bonds is 0. The summed E-state index contributed by atoms with van der Waals surface area (Å²) in [6, 6.07) is 7.39. The zero-order chi connectivity index (χ0) is 9.26. The van der Waals surface area contributed by atoms with E-state index < -0.39 is 0 Å². The van der Waals surface area contributed by atoms with Gasteiger partial charge >= 0.3 is 0 Å². The van der Waals surface area contributed by atoms with Crippen LogP contribution in [0.25, 0.3) is 6.20 Å². The lowest BCUT2D eigenvalue weighted by Crippen LogP contribution is -2.46. The van der Waals surface area contributed by atoms with E-state index in [2.05, 4.69) is 16.7 Å². The number of nitrogens with two attached hydrogens (primary N) is 1. The smallest absolute Gasteiger partial charge is 0.0999 e. The Labute approximate surface area is 74.3 Å². The second-order valence-corrected chi connectivity index (χ2v) is 2.60. The number of hydrogen-bond acceptors (Lipinski definition) is 5. The normalized spacial score (nSPS) is 13.1. The molecule has 5 heteroatoms. The van der Waals surface area contributed by atoms with E-state index in [1.807, 2.05) is 6.07 Å². The molecule has 0 radical (unpaired) electrons. The molecule has 0 unspecified atom stereocenters. The van der Waals surface area contributed by atoms with Gasteiger partial charge in [-0.05, 0) is 12.1 Å². The van der Waals surface area contributed by atoms with Crippen molar-refractivity contribution in [2.75, 3.05) is 0 Å². The van der Waals surface area contributed by atoms with E-state index >= 15 is 0 Å². The van der Waals surface area contributed by atoms with Crippen molar-refractivity contribution >= 4 is 6.20 Å². The number of fused-ring (bicyclic) bond motifs is 1. The summed E-state index contributed by atoms with van der Waals surface area (Å²) in [7, 11) is 0. The summed E-state index contributed by atoms with van der Waals surface area (Å²) in [5, 5.41) is 15.4. The van der Waals surface area contributed by atoms with Gasteiger partial charge in [0.15, 0.2) is 0 Å². The molecule has 0 aliphatic carbocycles. The van der Waals surface area contributed by atoms with E-state index in [1.165, 1.54) is 5.12 Å². The topological polar surface area (TPSA) is 77.4 Å². The van der Waals surface area contributed by atoms with Crippen LogP contribution in [0.5, 0.6) is 0 Å². The molecule has 2 rings (SSSR count). The Morgan fingerprint density at radius 2 is 2.38 bits per heavy atom. The van der Waals surface area contributed by atoms with E-state index in [-0.39, 0.29) is 0 Å². The van der Waals surface area contributed by atoms with Crippen LogP contribution in [0.1, 0.15) is 5.56 Å². The van der Waals surface area contributed by atoms with Gasteiger partial charge in [-0.3, -0.25) is 0 Å². The van der Waals surface area contributed by atoms with Gasteiger partial charge in [-0.1, -0.05) is 6.07 Å². The Bertz CT molecular complexity index is 484. The molecule has 0 fully saturated rings. The number of benzene rings is 1. The molecule has 5 nitrogen and oxygen atoms in total. The molecule has 0 aromatic heterocycles. The third kappa shape index (κ3) is 1.19. The number of hydrogen-bond donors (Lipinski definition) is 2.